The van der Waals surface area contributed by atoms with Gasteiger partial charge >= 0.3 is 0 Å². The van der Waals surface area contributed by atoms with Crippen LogP contribution in [-0.2, 0) is 0 Å². The highest BCUT2D eigenvalue weighted by atomic mass is 79.9. The molecule has 0 unspecified atom stereocenters. The van der Waals surface area contributed by atoms with E-state index in [1.165, 1.54) is 0 Å². The number of nitrogens with zero attached hydrogens (tertiary/aromatic N) is 2. The van der Waals surface area contributed by atoms with Gasteiger partial charge in [-0.15, -0.1) is 0 Å². The summed E-state index contributed by atoms with van der Waals surface area (Å²) in [7, 11) is 0. The Hall–Kier alpha value is -1.66. The van der Waals surface area contributed by atoms with Gasteiger partial charge in [0.15, 0.2) is 0 Å². The summed E-state index contributed by atoms with van der Waals surface area (Å²) in [5, 5.41) is 7.90. The molecule has 0 bridgehead atoms. The second kappa shape index (κ2) is 4.55. The zero-order valence-corrected chi connectivity index (χ0v) is 11.5. The maximum atomic E-state index is 5.97. The standard InChI is InChI=1S/C12H8BrN3OS/c13-9-3-1-2-8(10(9)14)12-15-11(16-17-12)7-4-5-18-6-7/h1-6H,14H2. The molecule has 6 heteroatoms. The van der Waals surface area contributed by atoms with Crippen molar-refractivity contribution in [1.29, 1.82) is 0 Å². The molecule has 0 atom stereocenters. The fourth-order valence-corrected chi connectivity index (χ4v) is 2.57. The number of para-hydroxylation sites is 1. The van der Waals surface area contributed by atoms with E-state index in [1.807, 2.05) is 35.0 Å². The van der Waals surface area contributed by atoms with Crippen molar-refractivity contribution in [2.45, 2.75) is 0 Å². The van der Waals surface area contributed by atoms with Crippen molar-refractivity contribution in [3.63, 3.8) is 0 Å². The van der Waals surface area contributed by atoms with Gasteiger partial charge in [0.25, 0.3) is 5.89 Å². The first kappa shape index (κ1) is 11.4. The summed E-state index contributed by atoms with van der Waals surface area (Å²) in [5.74, 6) is 1.00. The third-order valence-corrected chi connectivity index (χ3v) is 3.86. The molecule has 0 fully saturated rings. The van der Waals surface area contributed by atoms with Gasteiger partial charge in [-0.25, -0.2) is 0 Å². The first-order valence-electron chi connectivity index (χ1n) is 5.16. The Morgan fingerprint density at radius 1 is 1.28 bits per heavy atom. The fraction of sp³-hybridized carbons (Fsp3) is 0. The van der Waals surface area contributed by atoms with E-state index in [4.69, 9.17) is 10.3 Å². The van der Waals surface area contributed by atoms with Gasteiger partial charge in [-0.1, -0.05) is 11.2 Å². The first-order valence-corrected chi connectivity index (χ1v) is 6.90. The quantitative estimate of drug-likeness (QED) is 0.729. The summed E-state index contributed by atoms with van der Waals surface area (Å²) in [4.78, 5) is 4.35. The van der Waals surface area contributed by atoms with Crippen LogP contribution in [0.3, 0.4) is 0 Å². The van der Waals surface area contributed by atoms with E-state index in [0.29, 0.717) is 17.4 Å². The number of thiophene rings is 1. The first-order chi connectivity index (χ1) is 8.75. The molecule has 0 aliphatic carbocycles. The molecule has 0 aliphatic heterocycles. The smallest absolute Gasteiger partial charge is 0.260 e. The molecule has 0 saturated carbocycles. The molecule has 0 radical (unpaired) electrons. The number of hydrogen-bond acceptors (Lipinski definition) is 5. The van der Waals surface area contributed by atoms with E-state index >= 15 is 0 Å². The van der Waals surface area contributed by atoms with E-state index in [-0.39, 0.29) is 0 Å². The summed E-state index contributed by atoms with van der Waals surface area (Å²) in [6.07, 6.45) is 0. The van der Waals surface area contributed by atoms with Gasteiger partial charge in [-0.05, 0) is 39.5 Å². The second-order valence-corrected chi connectivity index (χ2v) is 5.27. The molecule has 1 aromatic carbocycles. The van der Waals surface area contributed by atoms with E-state index < -0.39 is 0 Å². The van der Waals surface area contributed by atoms with Crippen LogP contribution in [0.4, 0.5) is 5.69 Å². The molecule has 2 heterocycles. The van der Waals surface area contributed by atoms with Gasteiger partial charge in [0, 0.05) is 15.4 Å². The lowest BCUT2D eigenvalue weighted by Gasteiger charge is -2.01. The van der Waals surface area contributed by atoms with Crippen molar-refractivity contribution < 1.29 is 4.52 Å². The molecular weight excluding hydrogens is 314 g/mol. The summed E-state index contributed by atoms with van der Waals surface area (Å²) < 4.78 is 6.07. The molecule has 2 N–H and O–H groups in total. The minimum absolute atomic E-state index is 0.426. The van der Waals surface area contributed by atoms with Crippen LogP contribution in [0.15, 0.2) is 44.0 Å². The summed E-state index contributed by atoms with van der Waals surface area (Å²) in [6.45, 7) is 0. The van der Waals surface area contributed by atoms with E-state index in [9.17, 15) is 0 Å². The number of nitrogen functional groups attached to an aromatic ring is 1. The lowest BCUT2D eigenvalue weighted by molar-refractivity contribution is 0.432. The molecule has 0 spiro atoms. The predicted octanol–water partition coefficient (Wildman–Crippen LogP) is 3.81. The topological polar surface area (TPSA) is 64.9 Å². The number of aromatic nitrogens is 2. The van der Waals surface area contributed by atoms with Crippen molar-refractivity contribution in [1.82, 2.24) is 10.1 Å². The summed E-state index contributed by atoms with van der Waals surface area (Å²) in [5.41, 5.74) is 8.25. The Kier molecular flexibility index (Phi) is 2.89. The largest absolute Gasteiger partial charge is 0.397 e. The zero-order chi connectivity index (χ0) is 12.5. The Balaban J connectivity index is 2.06. The number of rotatable bonds is 2. The number of halogens is 1. The van der Waals surface area contributed by atoms with Gasteiger partial charge in [0.05, 0.1) is 11.3 Å². The maximum Gasteiger partial charge on any atom is 0.260 e. The molecule has 0 amide bonds. The molecule has 18 heavy (non-hydrogen) atoms. The van der Waals surface area contributed by atoms with E-state index in [1.54, 1.807) is 11.3 Å². The molecular formula is C12H8BrN3OS. The second-order valence-electron chi connectivity index (χ2n) is 3.64. The summed E-state index contributed by atoms with van der Waals surface area (Å²) in [6, 6.07) is 7.55. The van der Waals surface area contributed by atoms with Gasteiger partial charge in [-0.3, -0.25) is 0 Å². The SMILES string of the molecule is Nc1c(Br)cccc1-c1nc(-c2ccsc2)no1. The summed E-state index contributed by atoms with van der Waals surface area (Å²) >= 11 is 4.97. The van der Waals surface area contributed by atoms with Crippen LogP contribution < -0.4 is 5.73 Å². The third kappa shape index (κ3) is 1.93. The average Bonchev–Trinajstić information content (AvgIpc) is 3.01. The fourth-order valence-electron chi connectivity index (χ4n) is 1.57. The monoisotopic (exact) mass is 321 g/mol. The Labute approximate surface area is 116 Å². The molecule has 4 nitrogen and oxygen atoms in total. The van der Waals surface area contributed by atoms with E-state index in [2.05, 4.69) is 26.1 Å². The minimum atomic E-state index is 0.426. The predicted molar refractivity (Wildman–Crippen MR) is 75.2 cm³/mol. The Morgan fingerprint density at radius 3 is 2.94 bits per heavy atom. The minimum Gasteiger partial charge on any atom is -0.397 e. The van der Waals surface area contributed by atoms with Gasteiger partial charge in [-0.2, -0.15) is 16.3 Å². The highest BCUT2D eigenvalue weighted by molar-refractivity contribution is 9.10. The molecule has 90 valence electrons. The van der Waals surface area contributed by atoms with Crippen LogP contribution in [0.1, 0.15) is 0 Å². The number of anilines is 1. The highest BCUT2D eigenvalue weighted by Crippen LogP contribution is 2.31. The highest BCUT2D eigenvalue weighted by Gasteiger charge is 2.14. The van der Waals surface area contributed by atoms with Crippen LogP contribution in [0.5, 0.6) is 0 Å². The molecule has 3 rings (SSSR count). The average molecular weight is 322 g/mol. The van der Waals surface area contributed by atoms with Gasteiger partial charge in [0.2, 0.25) is 5.82 Å². The lowest BCUT2D eigenvalue weighted by Crippen LogP contribution is -1.91. The van der Waals surface area contributed by atoms with Crippen molar-refractivity contribution in [3.05, 3.63) is 39.5 Å². The van der Waals surface area contributed by atoms with Crippen LogP contribution in [0.25, 0.3) is 22.8 Å². The van der Waals surface area contributed by atoms with E-state index in [0.717, 1.165) is 15.6 Å². The van der Waals surface area contributed by atoms with Gasteiger partial charge < -0.3 is 10.3 Å². The van der Waals surface area contributed by atoms with Crippen molar-refractivity contribution in [3.8, 4) is 22.8 Å². The Bertz CT molecular complexity index is 678. The van der Waals surface area contributed by atoms with Crippen molar-refractivity contribution in [2.75, 3.05) is 5.73 Å². The normalized spacial score (nSPS) is 10.7. The maximum absolute atomic E-state index is 5.97. The molecule has 0 aliphatic rings. The number of hydrogen-bond donors (Lipinski definition) is 1. The third-order valence-electron chi connectivity index (χ3n) is 2.49. The van der Waals surface area contributed by atoms with Crippen molar-refractivity contribution in [2.24, 2.45) is 0 Å². The van der Waals surface area contributed by atoms with Crippen LogP contribution in [0, 0.1) is 0 Å². The van der Waals surface area contributed by atoms with Crippen LogP contribution >= 0.6 is 27.3 Å². The number of benzene rings is 1. The van der Waals surface area contributed by atoms with Crippen LogP contribution in [0.2, 0.25) is 0 Å². The molecule has 3 aromatic rings. The number of nitrogens with two attached hydrogens (primary N) is 1. The molecule has 0 saturated heterocycles. The van der Waals surface area contributed by atoms with Crippen LogP contribution in [-0.4, -0.2) is 10.1 Å². The molecule has 2 aromatic heterocycles. The van der Waals surface area contributed by atoms with Crippen molar-refractivity contribution >= 4 is 33.0 Å². The zero-order valence-electron chi connectivity index (χ0n) is 9.13. The van der Waals surface area contributed by atoms with Gasteiger partial charge in [0.1, 0.15) is 0 Å². The Morgan fingerprint density at radius 2 is 2.17 bits per heavy atom. The lowest BCUT2D eigenvalue weighted by atomic mass is 10.2.